The van der Waals surface area contributed by atoms with Crippen molar-refractivity contribution in [1.29, 1.82) is 0 Å². The third kappa shape index (κ3) is 3.44. The zero-order valence-electron chi connectivity index (χ0n) is 15.3. The van der Waals surface area contributed by atoms with Crippen molar-refractivity contribution in [2.45, 2.75) is 13.8 Å². The van der Waals surface area contributed by atoms with Gasteiger partial charge in [-0.25, -0.2) is 4.98 Å². The van der Waals surface area contributed by atoms with Crippen LogP contribution in [0.5, 0.6) is 5.75 Å². The van der Waals surface area contributed by atoms with Crippen molar-refractivity contribution in [3.8, 4) is 17.0 Å². The number of nitrogens with zero attached hydrogens (tertiary/aromatic N) is 4. The van der Waals surface area contributed by atoms with E-state index in [4.69, 9.17) is 9.72 Å². The standard InChI is InChI=1S/C22H20N4O/c1-3-27-19-12-8-7-11-18(19)24-25-22-21(17-9-5-4-6-10-17)23-20-14-13-16(2)15-26(20)22/h4-15H,3H2,1-2H3. The topological polar surface area (TPSA) is 51.2 Å². The summed E-state index contributed by atoms with van der Waals surface area (Å²) in [6, 6.07) is 21.7. The minimum atomic E-state index is 0.580. The van der Waals surface area contributed by atoms with E-state index in [0.29, 0.717) is 18.1 Å². The molecule has 0 radical (unpaired) electrons. The van der Waals surface area contributed by atoms with Crippen LogP contribution in [0.3, 0.4) is 0 Å². The molecule has 0 amide bonds. The van der Waals surface area contributed by atoms with Crippen LogP contribution in [0.25, 0.3) is 16.9 Å². The minimum absolute atomic E-state index is 0.580. The number of fused-ring (bicyclic) bond motifs is 1. The Labute approximate surface area is 158 Å². The molecule has 4 rings (SSSR count). The van der Waals surface area contributed by atoms with Crippen LogP contribution in [-0.2, 0) is 0 Å². The van der Waals surface area contributed by atoms with E-state index in [9.17, 15) is 0 Å². The Bertz CT molecular complexity index is 1100. The fraction of sp³-hybridized carbons (Fsp3) is 0.136. The molecule has 2 aromatic carbocycles. The van der Waals surface area contributed by atoms with Crippen LogP contribution < -0.4 is 4.74 Å². The molecule has 27 heavy (non-hydrogen) atoms. The maximum atomic E-state index is 5.65. The Morgan fingerprint density at radius 1 is 0.926 bits per heavy atom. The summed E-state index contributed by atoms with van der Waals surface area (Å²) in [5.74, 6) is 1.42. The number of ether oxygens (including phenoxy) is 1. The first kappa shape index (κ1) is 17.0. The highest BCUT2D eigenvalue weighted by Gasteiger charge is 2.14. The Morgan fingerprint density at radius 2 is 1.70 bits per heavy atom. The Balaban J connectivity index is 1.86. The molecule has 4 aromatic rings. The van der Waals surface area contributed by atoms with Crippen LogP contribution in [0.4, 0.5) is 11.5 Å². The molecule has 0 saturated heterocycles. The van der Waals surface area contributed by atoms with Crippen LogP contribution in [0, 0.1) is 6.92 Å². The molecule has 0 saturated carbocycles. The molecule has 0 aliphatic carbocycles. The Hall–Kier alpha value is -3.47. The zero-order valence-corrected chi connectivity index (χ0v) is 15.3. The summed E-state index contributed by atoms with van der Waals surface area (Å²) >= 11 is 0. The molecule has 0 aliphatic rings. The summed E-state index contributed by atoms with van der Waals surface area (Å²) in [5, 5.41) is 9.04. The average Bonchev–Trinajstić information content (AvgIpc) is 3.06. The fourth-order valence-corrected chi connectivity index (χ4v) is 2.94. The van der Waals surface area contributed by atoms with Gasteiger partial charge in [-0.15, -0.1) is 10.2 Å². The molecule has 0 unspecified atom stereocenters. The number of hydrogen-bond acceptors (Lipinski definition) is 4. The molecular weight excluding hydrogens is 336 g/mol. The lowest BCUT2D eigenvalue weighted by Gasteiger charge is -2.05. The van der Waals surface area contributed by atoms with Crippen molar-refractivity contribution in [3.05, 3.63) is 78.5 Å². The Kier molecular flexibility index (Phi) is 4.66. The summed E-state index contributed by atoms with van der Waals surface area (Å²) < 4.78 is 7.63. The van der Waals surface area contributed by atoms with Gasteiger partial charge in [-0.1, -0.05) is 48.5 Å². The van der Waals surface area contributed by atoms with E-state index < -0.39 is 0 Å². The van der Waals surface area contributed by atoms with Gasteiger partial charge in [0.25, 0.3) is 0 Å². The van der Waals surface area contributed by atoms with Crippen molar-refractivity contribution in [2.24, 2.45) is 10.2 Å². The molecule has 0 fully saturated rings. The SMILES string of the molecule is CCOc1ccccc1N=Nc1c(-c2ccccc2)nc2ccc(C)cn12. The number of aryl methyl sites for hydroxylation is 1. The maximum absolute atomic E-state index is 5.65. The highest BCUT2D eigenvalue weighted by atomic mass is 16.5. The monoisotopic (exact) mass is 356 g/mol. The number of rotatable bonds is 5. The highest BCUT2D eigenvalue weighted by Crippen LogP contribution is 2.34. The second-order valence-electron chi connectivity index (χ2n) is 6.19. The molecule has 2 aromatic heterocycles. The largest absolute Gasteiger partial charge is 0.492 e. The van der Waals surface area contributed by atoms with Gasteiger partial charge in [-0.3, -0.25) is 4.40 Å². The van der Waals surface area contributed by atoms with E-state index in [-0.39, 0.29) is 0 Å². The lowest BCUT2D eigenvalue weighted by atomic mass is 10.1. The molecule has 134 valence electrons. The van der Waals surface area contributed by atoms with Crippen molar-refractivity contribution in [3.63, 3.8) is 0 Å². The first-order chi connectivity index (χ1) is 13.3. The van der Waals surface area contributed by atoms with E-state index >= 15 is 0 Å². The van der Waals surface area contributed by atoms with Crippen molar-refractivity contribution in [1.82, 2.24) is 9.38 Å². The van der Waals surface area contributed by atoms with Gasteiger partial charge in [-0.05, 0) is 37.6 Å². The Morgan fingerprint density at radius 3 is 2.52 bits per heavy atom. The third-order valence-electron chi connectivity index (χ3n) is 4.21. The molecule has 5 nitrogen and oxygen atoms in total. The van der Waals surface area contributed by atoms with Crippen molar-refractivity contribution < 1.29 is 4.74 Å². The maximum Gasteiger partial charge on any atom is 0.187 e. The molecule has 0 bridgehead atoms. The predicted molar refractivity (Wildman–Crippen MR) is 107 cm³/mol. The zero-order chi connectivity index (χ0) is 18.6. The van der Waals surface area contributed by atoms with Gasteiger partial charge in [0.15, 0.2) is 5.82 Å². The van der Waals surface area contributed by atoms with E-state index in [1.54, 1.807) is 0 Å². The van der Waals surface area contributed by atoms with E-state index in [1.165, 1.54) is 0 Å². The summed E-state index contributed by atoms with van der Waals surface area (Å²) in [5.41, 5.74) is 4.47. The number of hydrogen-bond donors (Lipinski definition) is 0. The minimum Gasteiger partial charge on any atom is -0.492 e. The van der Waals surface area contributed by atoms with Gasteiger partial charge >= 0.3 is 0 Å². The van der Waals surface area contributed by atoms with Gasteiger partial charge in [0.1, 0.15) is 22.8 Å². The van der Waals surface area contributed by atoms with E-state index in [2.05, 4.69) is 10.2 Å². The molecule has 5 heteroatoms. The quantitative estimate of drug-likeness (QED) is 0.404. The molecule has 0 aliphatic heterocycles. The highest BCUT2D eigenvalue weighted by molar-refractivity contribution is 5.74. The second-order valence-corrected chi connectivity index (χ2v) is 6.19. The van der Waals surface area contributed by atoms with Crippen LogP contribution in [0.2, 0.25) is 0 Å². The molecule has 0 spiro atoms. The van der Waals surface area contributed by atoms with Gasteiger partial charge in [0, 0.05) is 11.8 Å². The van der Waals surface area contributed by atoms with Gasteiger partial charge < -0.3 is 4.74 Å². The summed E-state index contributed by atoms with van der Waals surface area (Å²) in [7, 11) is 0. The lowest BCUT2D eigenvalue weighted by Crippen LogP contribution is -1.90. The smallest absolute Gasteiger partial charge is 0.187 e. The number of azo groups is 1. The number of pyridine rings is 1. The number of imidazole rings is 1. The van der Waals surface area contributed by atoms with Gasteiger partial charge in [0.05, 0.1) is 6.61 Å². The summed E-state index contributed by atoms with van der Waals surface area (Å²) in [4.78, 5) is 4.77. The number of para-hydroxylation sites is 1. The van der Waals surface area contributed by atoms with Crippen LogP contribution in [-0.4, -0.2) is 16.0 Å². The van der Waals surface area contributed by atoms with Gasteiger partial charge in [0.2, 0.25) is 0 Å². The first-order valence-electron chi connectivity index (χ1n) is 8.94. The normalized spacial score (nSPS) is 11.3. The first-order valence-corrected chi connectivity index (χ1v) is 8.94. The summed E-state index contributed by atoms with van der Waals surface area (Å²) in [6.07, 6.45) is 2.03. The molecular formula is C22H20N4O. The lowest BCUT2D eigenvalue weighted by molar-refractivity contribution is 0.341. The number of benzene rings is 2. The fourth-order valence-electron chi connectivity index (χ4n) is 2.94. The molecule has 0 atom stereocenters. The van der Waals surface area contributed by atoms with Crippen molar-refractivity contribution in [2.75, 3.05) is 6.61 Å². The van der Waals surface area contributed by atoms with Crippen LogP contribution in [0.1, 0.15) is 12.5 Å². The van der Waals surface area contributed by atoms with Crippen molar-refractivity contribution >= 4 is 17.2 Å². The summed E-state index contributed by atoms with van der Waals surface area (Å²) in [6.45, 7) is 4.58. The number of aromatic nitrogens is 2. The van der Waals surface area contributed by atoms with Crippen LogP contribution in [0.15, 0.2) is 83.2 Å². The second kappa shape index (κ2) is 7.41. The predicted octanol–water partition coefficient (Wildman–Crippen LogP) is 6.12. The molecule has 2 heterocycles. The van der Waals surface area contributed by atoms with E-state index in [1.807, 2.05) is 91.2 Å². The average molecular weight is 356 g/mol. The molecule has 0 N–H and O–H groups in total. The third-order valence-corrected chi connectivity index (χ3v) is 4.21. The van der Waals surface area contributed by atoms with E-state index in [0.717, 1.165) is 28.2 Å². The van der Waals surface area contributed by atoms with Gasteiger partial charge in [-0.2, -0.15) is 0 Å². The van der Waals surface area contributed by atoms with Crippen LogP contribution >= 0.6 is 0 Å².